The van der Waals surface area contributed by atoms with Gasteiger partial charge >= 0.3 is 5.97 Å². The molecule has 0 aliphatic heterocycles. The van der Waals surface area contributed by atoms with Crippen molar-refractivity contribution < 1.29 is 24.3 Å². The highest BCUT2D eigenvalue weighted by Crippen LogP contribution is 2.08. The molecule has 0 heterocycles. The smallest absolute Gasteiger partial charge is 0.326 e. The van der Waals surface area contributed by atoms with Gasteiger partial charge in [0, 0.05) is 5.75 Å². The van der Waals surface area contributed by atoms with E-state index in [1.807, 2.05) is 13.8 Å². The van der Waals surface area contributed by atoms with E-state index in [-0.39, 0.29) is 24.0 Å². The molecule has 5 atom stereocenters. The van der Waals surface area contributed by atoms with Crippen molar-refractivity contribution in [2.24, 2.45) is 23.3 Å². The lowest BCUT2D eigenvalue weighted by Crippen LogP contribution is -2.58. The van der Waals surface area contributed by atoms with Gasteiger partial charge in [-0.15, -0.1) is 0 Å². The van der Waals surface area contributed by atoms with E-state index in [9.17, 15) is 24.3 Å². The third kappa shape index (κ3) is 10.3. The third-order valence-electron chi connectivity index (χ3n) is 5.19. The van der Waals surface area contributed by atoms with E-state index in [4.69, 9.17) is 11.5 Å². The standard InChI is InChI=1S/C20H39N5O5S/c1-5-12(4)15(22)19(28)24-14(10-31)18(27)23-13(8-6-7-9-21)17(26)25-16(11(2)3)20(29)30/h11-16,31H,5-10,21-22H2,1-4H3,(H,23,27)(H,24,28)(H,25,26)(H,29,30). The summed E-state index contributed by atoms with van der Waals surface area (Å²) >= 11 is 4.13. The summed E-state index contributed by atoms with van der Waals surface area (Å²) in [5, 5.41) is 17.0. The number of nitrogens with one attached hydrogen (secondary N) is 3. The van der Waals surface area contributed by atoms with Gasteiger partial charge < -0.3 is 32.5 Å². The molecule has 180 valence electrons. The molecule has 0 rings (SSSR count). The lowest BCUT2D eigenvalue weighted by Gasteiger charge is -2.26. The number of unbranched alkanes of at least 4 members (excludes halogenated alkanes) is 1. The fraction of sp³-hybridized carbons (Fsp3) is 0.800. The zero-order chi connectivity index (χ0) is 24.1. The van der Waals surface area contributed by atoms with Gasteiger partial charge in [-0.25, -0.2) is 4.79 Å². The minimum Gasteiger partial charge on any atom is -0.480 e. The zero-order valence-electron chi connectivity index (χ0n) is 18.9. The van der Waals surface area contributed by atoms with Crippen LogP contribution >= 0.6 is 12.6 Å². The second kappa shape index (κ2) is 15.0. The van der Waals surface area contributed by atoms with Crippen LogP contribution in [0.4, 0.5) is 0 Å². The molecule has 0 aromatic heterocycles. The minimum atomic E-state index is -1.16. The Labute approximate surface area is 190 Å². The largest absolute Gasteiger partial charge is 0.480 e. The number of thiol groups is 1. The van der Waals surface area contributed by atoms with Crippen LogP contribution in [-0.2, 0) is 19.2 Å². The molecule has 0 bridgehead atoms. The minimum absolute atomic E-state index is 0.00564. The van der Waals surface area contributed by atoms with E-state index in [0.717, 1.165) is 0 Å². The van der Waals surface area contributed by atoms with E-state index in [1.54, 1.807) is 13.8 Å². The van der Waals surface area contributed by atoms with E-state index < -0.39 is 47.9 Å². The molecular formula is C20H39N5O5S. The number of rotatable bonds is 15. The fourth-order valence-corrected chi connectivity index (χ4v) is 3.03. The first kappa shape index (κ1) is 29.1. The Kier molecular flexibility index (Phi) is 14.1. The summed E-state index contributed by atoms with van der Waals surface area (Å²) in [6.07, 6.45) is 2.18. The zero-order valence-corrected chi connectivity index (χ0v) is 19.8. The normalized spacial score (nSPS) is 16.0. The quantitative estimate of drug-likeness (QED) is 0.128. The maximum atomic E-state index is 12.7. The fourth-order valence-electron chi connectivity index (χ4n) is 2.78. The van der Waals surface area contributed by atoms with Crippen LogP contribution in [0.25, 0.3) is 0 Å². The Morgan fingerprint density at radius 2 is 1.48 bits per heavy atom. The van der Waals surface area contributed by atoms with Gasteiger partial charge in [-0.1, -0.05) is 34.1 Å². The van der Waals surface area contributed by atoms with Crippen LogP contribution in [0, 0.1) is 11.8 Å². The molecule has 0 aliphatic carbocycles. The first-order valence-electron chi connectivity index (χ1n) is 10.7. The molecule has 10 nitrogen and oxygen atoms in total. The van der Waals surface area contributed by atoms with Gasteiger partial charge in [0.15, 0.2) is 0 Å². The number of carboxylic acids is 1. The molecule has 0 fully saturated rings. The molecule has 8 N–H and O–H groups in total. The van der Waals surface area contributed by atoms with Crippen LogP contribution in [-0.4, -0.2) is 65.3 Å². The Balaban J connectivity index is 5.29. The van der Waals surface area contributed by atoms with Gasteiger partial charge in [-0.05, 0) is 37.6 Å². The SMILES string of the molecule is CCC(C)C(N)C(=O)NC(CS)C(=O)NC(CCCCN)C(=O)NC(C(=O)O)C(C)C. The molecule has 31 heavy (non-hydrogen) atoms. The Morgan fingerprint density at radius 1 is 0.935 bits per heavy atom. The number of nitrogens with two attached hydrogens (primary N) is 2. The van der Waals surface area contributed by atoms with Crippen LogP contribution in [0.2, 0.25) is 0 Å². The molecule has 0 saturated carbocycles. The summed E-state index contributed by atoms with van der Waals surface area (Å²) < 4.78 is 0. The van der Waals surface area contributed by atoms with Gasteiger partial charge in [-0.2, -0.15) is 12.6 Å². The first-order chi connectivity index (χ1) is 14.5. The Morgan fingerprint density at radius 3 is 1.94 bits per heavy atom. The van der Waals surface area contributed by atoms with Gasteiger partial charge in [0.2, 0.25) is 17.7 Å². The van der Waals surface area contributed by atoms with Gasteiger partial charge in [-0.3, -0.25) is 14.4 Å². The lowest BCUT2D eigenvalue weighted by atomic mass is 9.99. The van der Waals surface area contributed by atoms with E-state index >= 15 is 0 Å². The number of carboxylic acid groups (broad SMARTS) is 1. The van der Waals surface area contributed by atoms with Crippen LogP contribution in [0.15, 0.2) is 0 Å². The van der Waals surface area contributed by atoms with Crippen molar-refractivity contribution in [3.63, 3.8) is 0 Å². The summed E-state index contributed by atoms with van der Waals surface area (Å²) in [5.41, 5.74) is 11.4. The Bertz CT molecular complexity index is 605. The van der Waals surface area contributed by atoms with E-state index in [2.05, 4.69) is 28.6 Å². The maximum Gasteiger partial charge on any atom is 0.326 e. The number of aliphatic carboxylic acids is 1. The molecule has 0 aromatic rings. The number of hydrogen-bond acceptors (Lipinski definition) is 7. The molecule has 0 saturated heterocycles. The summed E-state index contributed by atoms with van der Waals surface area (Å²) in [5.74, 6) is -3.23. The molecule has 0 aliphatic rings. The van der Waals surface area contributed by atoms with Crippen molar-refractivity contribution in [3.8, 4) is 0 Å². The van der Waals surface area contributed by atoms with Gasteiger partial charge in [0.05, 0.1) is 6.04 Å². The molecule has 5 unspecified atom stereocenters. The second-order valence-electron chi connectivity index (χ2n) is 8.07. The summed E-state index contributed by atoms with van der Waals surface area (Å²) in [6.45, 7) is 7.52. The number of carbonyl (C=O) groups excluding carboxylic acids is 3. The molecule has 0 spiro atoms. The number of carbonyl (C=O) groups is 4. The lowest BCUT2D eigenvalue weighted by molar-refractivity contribution is -0.143. The first-order valence-corrected chi connectivity index (χ1v) is 11.3. The molecule has 11 heteroatoms. The van der Waals surface area contributed by atoms with Crippen LogP contribution < -0.4 is 27.4 Å². The number of amides is 3. The van der Waals surface area contributed by atoms with Crippen molar-refractivity contribution >= 4 is 36.3 Å². The summed E-state index contributed by atoms with van der Waals surface area (Å²) in [7, 11) is 0. The molecule has 0 aromatic carbocycles. The van der Waals surface area contributed by atoms with Crippen molar-refractivity contribution in [2.75, 3.05) is 12.3 Å². The predicted molar refractivity (Wildman–Crippen MR) is 122 cm³/mol. The van der Waals surface area contributed by atoms with Crippen molar-refractivity contribution in [1.29, 1.82) is 0 Å². The average molecular weight is 462 g/mol. The number of hydrogen-bond donors (Lipinski definition) is 7. The molecular weight excluding hydrogens is 422 g/mol. The predicted octanol–water partition coefficient (Wildman–Crippen LogP) is -0.386. The monoisotopic (exact) mass is 461 g/mol. The second-order valence-corrected chi connectivity index (χ2v) is 8.43. The van der Waals surface area contributed by atoms with Crippen LogP contribution in [0.3, 0.4) is 0 Å². The van der Waals surface area contributed by atoms with Crippen molar-refractivity contribution in [2.45, 2.75) is 77.5 Å². The highest BCUT2D eigenvalue weighted by molar-refractivity contribution is 7.80. The van der Waals surface area contributed by atoms with E-state index in [0.29, 0.717) is 25.8 Å². The Hall–Kier alpha value is -1.85. The molecule has 3 amide bonds. The molecule has 0 radical (unpaired) electrons. The van der Waals surface area contributed by atoms with E-state index in [1.165, 1.54) is 0 Å². The average Bonchev–Trinajstić information content (AvgIpc) is 2.72. The maximum absolute atomic E-state index is 12.7. The summed E-state index contributed by atoms with van der Waals surface area (Å²) in [4.78, 5) is 49.2. The van der Waals surface area contributed by atoms with Gasteiger partial charge in [0.1, 0.15) is 18.1 Å². The van der Waals surface area contributed by atoms with Crippen molar-refractivity contribution in [3.05, 3.63) is 0 Å². The van der Waals surface area contributed by atoms with Crippen molar-refractivity contribution in [1.82, 2.24) is 16.0 Å². The van der Waals surface area contributed by atoms with Gasteiger partial charge in [0.25, 0.3) is 0 Å². The summed E-state index contributed by atoms with van der Waals surface area (Å²) in [6, 6.07) is -3.82. The highest BCUT2D eigenvalue weighted by atomic mass is 32.1. The van der Waals surface area contributed by atoms with Crippen LogP contribution in [0.5, 0.6) is 0 Å². The topological polar surface area (TPSA) is 177 Å². The van der Waals surface area contributed by atoms with Crippen LogP contribution in [0.1, 0.15) is 53.4 Å². The third-order valence-corrected chi connectivity index (χ3v) is 5.55. The highest BCUT2D eigenvalue weighted by Gasteiger charge is 2.31.